The molecule has 0 bridgehead atoms. The fraction of sp³-hybridized carbons (Fsp3) is 0.393. The van der Waals surface area contributed by atoms with Crippen LogP contribution < -0.4 is 15.8 Å². The van der Waals surface area contributed by atoms with Gasteiger partial charge in [0.1, 0.15) is 11.7 Å². The van der Waals surface area contributed by atoms with Gasteiger partial charge in [-0.15, -0.1) is 6.58 Å². The molecule has 39 heavy (non-hydrogen) atoms. The zero-order chi connectivity index (χ0) is 28.1. The first kappa shape index (κ1) is 27.8. The number of carbonyl (C=O) groups excluding carboxylic acids is 1. The number of likely N-dealkylation sites (N-methyl/N-ethyl adjacent to an activating group) is 1. The summed E-state index contributed by atoms with van der Waals surface area (Å²) in [5.74, 6) is 0.701. The quantitative estimate of drug-likeness (QED) is 0.112. The van der Waals surface area contributed by atoms with Crippen molar-refractivity contribution in [3.8, 4) is 0 Å². The molecule has 1 aromatic carbocycles. The van der Waals surface area contributed by atoms with Gasteiger partial charge in [0.05, 0.1) is 6.54 Å². The first-order chi connectivity index (χ1) is 18.7. The fourth-order valence-corrected chi connectivity index (χ4v) is 4.32. The predicted molar refractivity (Wildman–Crippen MR) is 157 cm³/mol. The number of benzene rings is 1. The van der Waals surface area contributed by atoms with E-state index in [9.17, 15) is 9.59 Å². The van der Waals surface area contributed by atoms with E-state index >= 15 is 0 Å². The minimum absolute atomic E-state index is 0.0925. The summed E-state index contributed by atoms with van der Waals surface area (Å²) in [5.41, 5.74) is 2.09. The minimum atomic E-state index is -0.276. The van der Waals surface area contributed by atoms with Crippen molar-refractivity contribution in [2.45, 2.75) is 39.4 Å². The molecular formula is C28H37N9O2. The van der Waals surface area contributed by atoms with Gasteiger partial charge >= 0.3 is 0 Å². The van der Waals surface area contributed by atoms with E-state index in [1.54, 1.807) is 21.8 Å². The lowest BCUT2D eigenvalue weighted by molar-refractivity contribution is -0.104. The number of aldehydes is 1. The molecule has 11 nitrogen and oxygen atoms in total. The summed E-state index contributed by atoms with van der Waals surface area (Å²) in [6, 6.07) is 8.77. The van der Waals surface area contributed by atoms with Crippen LogP contribution in [0.5, 0.6) is 0 Å². The lowest BCUT2D eigenvalue weighted by Crippen LogP contribution is -2.50. The van der Waals surface area contributed by atoms with Crippen LogP contribution in [0.15, 0.2) is 65.2 Å². The van der Waals surface area contributed by atoms with E-state index in [1.807, 2.05) is 33.0 Å². The van der Waals surface area contributed by atoms with Gasteiger partial charge in [0.15, 0.2) is 11.5 Å². The summed E-state index contributed by atoms with van der Waals surface area (Å²) in [6.45, 7) is 13.2. The number of fused-ring (bicyclic) bond motifs is 1. The summed E-state index contributed by atoms with van der Waals surface area (Å²) in [7, 11) is 3.99. The smallest absolute Gasteiger partial charge is 0.278 e. The number of hydrogen-bond donors (Lipinski definition) is 1. The third-order valence-electron chi connectivity index (χ3n) is 6.97. The second-order valence-electron chi connectivity index (χ2n) is 9.99. The van der Waals surface area contributed by atoms with Crippen molar-refractivity contribution < 1.29 is 4.79 Å². The molecule has 2 aromatic heterocycles. The molecule has 4 rings (SSSR count). The number of nitrogens with zero attached hydrogens (tertiary/aromatic N) is 8. The van der Waals surface area contributed by atoms with Gasteiger partial charge in [0.25, 0.3) is 5.56 Å². The molecular weight excluding hydrogens is 494 g/mol. The zero-order valence-electron chi connectivity index (χ0n) is 23.3. The normalized spacial score (nSPS) is 16.8. The molecule has 0 amide bonds. The van der Waals surface area contributed by atoms with Gasteiger partial charge in [0, 0.05) is 56.3 Å². The van der Waals surface area contributed by atoms with Gasteiger partial charge in [-0.2, -0.15) is 10.1 Å². The second kappa shape index (κ2) is 12.1. The van der Waals surface area contributed by atoms with E-state index < -0.39 is 0 Å². The van der Waals surface area contributed by atoms with Gasteiger partial charge in [-0.05, 0) is 64.2 Å². The van der Waals surface area contributed by atoms with Gasteiger partial charge in [-0.25, -0.2) is 14.3 Å². The zero-order valence-corrected chi connectivity index (χ0v) is 23.3. The van der Waals surface area contributed by atoms with Crippen molar-refractivity contribution in [1.29, 1.82) is 0 Å². The van der Waals surface area contributed by atoms with Crippen LogP contribution in [0.1, 0.15) is 20.8 Å². The number of rotatable bonds is 9. The summed E-state index contributed by atoms with van der Waals surface area (Å²) in [5, 5.41) is 9.99. The predicted octanol–water partition coefficient (Wildman–Crippen LogP) is 2.92. The minimum Gasteiger partial charge on any atom is -0.369 e. The number of hydrazone groups is 1. The van der Waals surface area contributed by atoms with Crippen molar-refractivity contribution in [2.24, 2.45) is 5.10 Å². The molecule has 1 aliphatic heterocycles. The number of aromatic nitrogens is 4. The summed E-state index contributed by atoms with van der Waals surface area (Å²) >= 11 is 0. The Balaban J connectivity index is 1.70. The maximum Gasteiger partial charge on any atom is 0.278 e. The third kappa shape index (κ3) is 6.09. The summed E-state index contributed by atoms with van der Waals surface area (Å²) in [4.78, 5) is 38.3. The Morgan fingerprint density at radius 1 is 1.28 bits per heavy atom. The summed E-state index contributed by atoms with van der Waals surface area (Å²) in [6.07, 6.45) is 6.69. The Bertz CT molecular complexity index is 1440. The second-order valence-corrected chi connectivity index (χ2v) is 9.99. The van der Waals surface area contributed by atoms with E-state index in [1.165, 1.54) is 22.6 Å². The maximum atomic E-state index is 13.3. The first-order valence-corrected chi connectivity index (χ1v) is 13.1. The van der Waals surface area contributed by atoms with Gasteiger partial charge in [-0.1, -0.05) is 6.08 Å². The van der Waals surface area contributed by atoms with E-state index in [0.29, 0.717) is 35.1 Å². The molecule has 1 atom stereocenters. The monoisotopic (exact) mass is 531 g/mol. The Morgan fingerprint density at radius 2 is 2.03 bits per heavy atom. The van der Waals surface area contributed by atoms with E-state index in [2.05, 4.69) is 57.9 Å². The van der Waals surface area contributed by atoms with Crippen molar-refractivity contribution in [1.82, 2.24) is 29.2 Å². The van der Waals surface area contributed by atoms with Crippen LogP contribution >= 0.6 is 0 Å². The molecule has 1 aliphatic rings. The van der Waals surface area contributed by atoms with Crippen LogP contribution in [0.4, 0.5) is 17.3 Å². The topological polar surface area (TPSA) is 104 Å². The van der Waals surface area contributed by atoms with Gasteiger partial charge in [-0.3, -0.25) is 14.6 Å². The maximum absolute atomic E-state index is 13.3. The molecule has 0 radical (unpaired) electrons. The molecule has 11 heteroatoms. The van der Waals surface area contributed by atoms with Crippen molar-refractivity contribution in [3.05, 3.63) is 65.6 Å². The molecule has 0 saturated carbocycles. The number of nitrogens with one attached hydrogen (secondary N) is 1. The van der Waals surface area contributed by atoms with Crippen LogP contribution in [0.25, 0.3) is 11.0 Å². The molecule has 1 unspecified atom stereocenters. The van der Waals surface area contributed by atoms with E-state index in [-0.39, 0.29) is 18.1 Å². The van der Waals surface area contributed by atoms with Crippen LogP contribution in [0, 0.1) is 0 Å². The average molecular weight is 532 g/mol. The van der Waals surface area contributed by atoms with E-state index in [4.69, 9.17) is 4.98 Å². The highest BCUT2D eigenvalue weighted by Gasteiger charge is 2.21. The molecule has 3 aromatic rings. The Labute approximate surface area is 228 Å². The Hall–Kier alpha value is -4.25. The fourth-order valence-electron chi connectivity index (χ4n) is 4.32. The van der Waals surface area contributed by atoms with Gasteiger partial charge < -0.3 is 15.1 Å². The highest BCUT2D eigenvalue weighted by Crippen LogP contribution is 2.23. The number of piperazine rings is 1. The molecule has 0 spiro atoms. The molecule has 1 saturated heterocycles. The SMILES string of the molecule is C=CCn1c(=O)c2cnc(Nc3ccc(N4CCN(C)C(C)C4)cc3)nc2n1C(/C=C\C=O)=N/N(C)C(C)C. The van der Waals surface area contributed by atoms with Gasteiger partial charge in [0.2, 0.25) is 5.95 Å². The largest absolute Gasteiger partial charge is 0.369 e. The third-order valence-corrected chi connectivity index (χ3v) is 6.97. The number of carbonyl (C=O) groups is 1. The van der Waals surface area contributed by atoms with Crippen LogP contribution in [-0.2, 0) is 11.3 Å². The average Bonchev–Trinajstić information content (AvgIpc) is 3.19. The molecule has 3 heterocycles. The van der Waals surface area contributed by atoms with Crippen molar-refractivity contribution >= 4 is 40.5 Å². The number of hydrogen-bond acceptors (Lipinski definition) is 9. The Morgan fingerprint density at radius 3 is 2.67 bits per heavy atom. The standard InChI is InChI=1S/C28H37N9O2/c1-7-14-36-27(39)24-18-29-28(31-26(24)37(36)25(9-8-17-38)32-34(6)20(2)3)30-22-10-12-23(13-11-22)35-16-15-33(5)21(4)19-35/h7-13,17-18,20-21H,1,14-16,19H2,2-6H3,(H,29,30,31)/b9-8-,32-25+. The molecule has 1 fully saturated rings. The molecule has 1 N–H and O–H groups in total. The first-order valence-electron chi connectivity index (χ1n) is 13.1. The van der Waals surface area contributed by atoms with Crippen LogP contribution in [0.3, 0.4) is 0 Å². The lowest BCUT2D eigenvalue weighted by atomic mass is 10.1. The van der Waals surface area contributed by atoms with Crippen molar-refractivity contribution in [2.75, 3.05) is 43.9 Å². The number of allylic oxidation sites excluding steroid dienone is 3. The van der Waals surface area contributed by atoms with Crippen LogP contribution in [0.2, 0.25) is 0 Å². The lowest BCUT2D eigenvalue weighted by Gasteiger charge is -2.39. The van der Waals surface area contributed by atoms with Crippen molar-refractivity contribution in [3.63, 3.8) is 0 Å². The highest BCUT2D eigenvalue weighted by molar-refractivity contribution is 6.01. The van der Waals surface area contributed by atoms with E-state index in [0.717, 1.165) is 25.3 Å². The molecule has 0 aliphatic carbocycles. The van der Waals surface area contributed by atoms with Crippen LogP contribution in [-0.4, -0.2) is 87.2 Å². The molecule has 206 valence electrons. The number of anilines is 3. The summed E-state index contributed by atoms with van der Waals surface area (Å²) < 4.78 is 3.08. The Kier molecular flexibility index (Phi) is 8.60. The highest BCUT2D eigenvalue weighted by atomic mass is 16.1.